The van der Waals surface area contributed by atoms with Crippen molar-refractivity contribution in [3.05, 3.63) is 82.6 Å². The van der Waals surface area contributed by atoms with E-state index in [-0.39, 0.29) is 11.3 Å². The number of nitrogens with zero attached hydrogens (tertiary/aromatic N) is 2. The summed E-state index contributed by atoms with van der Waals surface area (Å²) in [4.78, 5) is 12.4. The summed E-state index contributed by atoms with van der Waals surface area (Å²) in [5, 5.41) is 7.68. The van der Waals surface area contributed by atoms with Crippen LogP contribution in [0.5, 0.6) is 5.75 Å². The Kier molecular flexibility index (Phi) is 7.16. The van der Waals surface area contributed by atoms with E-state index in [2.05, 4.69) is 43.3 Å². The van der Waals surface area contributed by atoms with Crippen molar-refractivity contribution in [1.82, 2.24) is 15.1 Å². The van der Waals surface area contributed by atoms with Crippen molar-refractivity contribution in [2.24, 2.45) is 0 Å². The van der Waals surface area contributed by atoms with Gasteiger partial charge in [-0.15, -0.1) is 0 Å². The van der Waals surface area contributed by atoms with Gasteiger partial charge in [0.25, 0.3) is 5.91 Å². The molecule has 30 heavy (non-hydrogen) atoms. The quantitative estimate of drug-likeness (QED) is 0.502. The average molecular weight is 426 g/mol. The molecule has 1 N–H and O–H groups in total. The van der Waals surface area contributed by atoms with Crippen LogP contribution in [0.2, 0.25) is 5.02 Å². The van der Waals surface area contributed by atoms with Gasteiger partial charge in [0.05, 0.1) is 11.2 Å². The molecule has 0 spiro atoms. The van der Waals surface area contributed by atoms with Gasteiger partial charge >= 0.3 is 0 Å². The second-order valence-corrected chi connectivity index (χ2v) is 8.73. The minimum atomic E-state index is -0.0927. The lowest BCUT2D eigenvalue weighted by Crippen LogP contribution is -2.25. The molecule has 0 aliphatic heterocycles. The molecule has 0 aliphatic carbocycles. The van der Waals surface area contributed by atoms with Crippen LogP contribution in [-0.2, 0) is 18.6 Å². The van der Waals surface area contributed by atoms with Crippen molar-refractivity contribution in [1.29, 1.82) is 0 Å². The summed E-state index contributed by atoms with van der Waals surface area (Å²) in [6.45, 7) is 8.24. The van der Waals surface area contributed by atoms with Crippen molar-refractivity contribution >= 4 is 17.5 Å². The van der Waals surface area contributed by atoms with Gasteiger partial charge in [0.2, 0.25) is 0 Å². The van der Waals surface area contributed by atoms with E-state index in [1.165, 1.54) is 5.56 Å². The van der Waals surface area contributed by atoms with E-state index in [1.54, 1.807) is 17.1 Å². The van der Waals surface area contributed by atoms with Crippen molar-refractivity contribution in [3.8, 4) is 5.75 Å². The molecular formula is C24H28ClN3O2. The van der Waals surface area contributed by atoms with Crippen LogP contribution < -0.4 is 10.1 Å². The van der Waals surface area contributed by atoms with Gasteiger partial charge in [-0.3, -0.25) is 9.48 Å². The Morgan fingerprint density at radius 1 is 1.17 bits per heavy atom. The smallest absolute Gasteiger partial charge is 0.251 e. The van der Waals surface area contributed by atoms with Crippen molar-refractivity contribution in [3.63, 3.8) is 0 Å². The Labute approximate surface area is 183 Å². The highest BCUT2D eigenvalue weighted by molar-refractivity contribution is 6.30. The molecule has 0 radical (unpaired) electrons. The molecule has 0 fully saturated rings. The first-order valence-electron chi connectivity index (χ1n) is 10.1. The third-order valence-corrected chi connectivity index (χ3v) is 4.96. The lowest BCUT2D eigenvalue weighted by Gasteiger charge is -2.19. The summed E-state index contributed by atoms with van der Waals surface area (Å²) in [5.74, 6) is 0.724. The number of aromatic nitrogens is 2. The van der Waals surface area contributed by atoms with Gasteiger partial charge in [0.1, 0.15) is 12.4 Å². The number of carbonyl (C=O) groups excluding carboxylic acids is 1. The number of aryl methyl sites for hydroxylation is 1. The highest BCUT2D eigenvalue weighted by atomic mass is 35.5. The van der Waals surface area contributed by atoms with Gasteiger partial charge in [0, 0.05) is 24.8 Å². The maximum absolute atomic E-state index is 12.4. The molecule has 1 amide bonds. The fourth-order valence-corrected chi connectivity index (χ4v) is 3.18. The predicted octanol–water partition coefficient (Wildman–Crippen LogP) is 5.23. The van der Waals surface area contributed by atoms with E-state index in [4.69, 9.17) is 16.3 Å². The van der Waals surface area contributed by atoms with E-state index in [1.807, 2.05) is 36.4 Å². The largest absolute Gasteiger partial charge is 0.489 e. The zero-order chi connectivity index (χ0) is 21.6. The number of hydrogen-bond donors (Lipinski definition) is 1. The Bertz CT molecular complexity index is 975. The molecule has 0 saturated heterocycles. The molecule has 1 heterocycles. The molecule has 3 aromatic rings. The maximum Gasteiger partial charge on any atom is 0.251 e. The van der Waals surface area contributed by atoms with Gasteiger partial charge in [-0.2, -0.15) is 5.10 Å². The number of halogens is 1. The molecule has 0 bridgehead atoms. The van der Waals surface area contributed by atoms with Crippen LogP contribution >= 0.6 is 11.6 Å². The molecule has 6 heteroatoms. The van der Waals surface area contributed by atoms with E-state index < -0.39 is 0 Å². The Morgan fingerprint density at radius 2 is 1.93 bits per heavy atom. The van der Waals surface area contributed by atoms with Gasteiger partial charge in [-0.25, -0.2) is 0 Å². The second kappa shape index (κ2) is 9.81. The summed E-state index contributed by atoms with van der Waals surface area (Å²) in [7, 11) is 0. The van der Waals surface area contributed by atoms with Crippen LogP contribution in [0.25, 0.3) is 0 Å². The molecule has 158 valence electrons. The summed E-state index contributed by atoms with van der Waals surface area (Å²) < 4.78 is 7.66. The minimum Gasteiger partial charge on any atom is -0.489 e. The van der Waals surface area contributed by atoms with E-state index in [9.17, 15) is 4.79 Å². The summed E-state index contributed by atoms with van der Waals surface area (Å²) in [6.07, 6.45) is 4.15. The van der Waals surface area contributed by atoms with Crippen LogP contribution in [0.1, 0.15) is 48.7 Å². The maximum atomic E-state index is 12.4. The first kappa shape index (κ1) is 21.9. The van der Waals surface area contributed by atoms with Crippen LogP contribution in [0.4, 0.5) is 0 Å². The number of ether oxygens (including phenoxy) is 1. The lowest BCUT2D eigenvalue weighted by atomic mass is 9.87. The normalized spacial score (nSPS) is 11.3. The van der Waals surface area contributed by atoms with Crippen LogP contribution in [0.3, 0.4) is 0 Å². The number of nitrogens with one attached hydrogen (secondary N) is 1. The lowest BCUT2D eigenvalue weighted by molar-refractivity contribution is 0.0952. The zero-order valence-electron chi connectivity index (χ0n) is 17.7. The average Bonchev–Trinajstić information content (AvgIpc) is 3.14. The molecule has 2 aromatic carbocycles. The third-order valence-electron chi connectivity index (χ3n) is 4.77. The third kappa shape index (κ3) is 6.36. The van der Waals surface area contributed by atoms with Gasteiger partial charge in [-0.1, -0.05) is 56.6 Å². The second-order valence-electron chi connectivity index (χ2n) is 8.29. The molecule has 1 aromatic heterocycles. The molecule has 3 rings (SSSR count). The summed E-state index contributed by atoms with van der Waals surface area (Å²) >= 11 is 5.84. The highest BCUT2D eigenvalue weighted by Gasteiger charge is 2.13. The summed E-state index contributed by atoms with van der Waals surface area (Å²) in [5.41, 5.74) is 2.96. The molecule has 5 nitrogen and oxygen atoms in total. The highest BCUT2D eigenvalue weighted by Crippen LogP contribution is 2.24. The van der Waals surface area contributed by atoms with Crippen LogP contribution in [0.15, 0.2) is 60.9 Å². The fraction of sp³-hybridized carbons (Fsp3) is 0.333. The summed E-state index contributed by atoms with van der Waals surface area (Å²) in [6, 6.07) is 15.7. The molecule has 0 unspecified atom stereocenters. The predicted molar refractivity (Wildman–Crippen MR) is 120 cm³/mol. The SMILES string of the molecule is CC(C)(C)c1ccc(OCc2cccc(C(=O)NCCCn3cc(Cl)cn3)c2)cc1. The Morgan fingerprint density at radius 3 is 2.60 bits per heavy atom. The van der Waals surface area contributed by atoms with Crippen LogP contribution in [-0.4, -0.2) is 22.2 Å². The topological polar surface area (TPSA) is 56.1 Å². The molecular weight excluding hydrogens is 398 g/mol. The standard InChI is InChI=1S/C24H28ClN3O2/c1-24(2,3)20-8-10-22(11-9-20)30-17-18-6-4-7-19(14-18)23(29)26-12-5-13-28-16-21(25)15-27-28/h4,6-11,14-16H,5,12-13,17H2,1-3H3,(H,26,29). The van der Waals surface area contributed by atoms with Crippen LogP contribution in [0, 0.1) is 0 Å². The zero-order valence-corrected chi connectivity index (χ0v) is 18.4. The number of rotatable bonds is 8. The first-order chi connectivity index (χ1) is 14.3. The molecule has 0 saturated carbocycles. The molecule has 0 aliphatic rings. The van der Waals surface area contributed by atoms with Crippen molar-refractivity contribution < 1.29 is 9.53 Å². The first-order valence-corrected chi connectivity index (χ1v) is 10.5. The van der Waals surface area contributed by atoms with Gasteiger partial charge in [-0.05, 0) is 47.2 Å². The number of benzene rings is 2. The fourth-order valence-electron chi connectivity index (χ4n) is 3.03. The van der Waals surface area contributed by atoms with E-state index >= 15 is 0 Å². The Hall–Kier alpha value is -2.79. The minimum absolute atomic E-state index is 0.0927. The monoisotopic (exact) mass is 425 g/mol. The number of carbonyl (C=O) groups is 1. The number of amides is 1. The van der Waals surface area contributed by atoms with Gasteiger partial charge < -0.3 is 10.1 Å². The number of hydrogen-bond acceptors (Lipinski definition) is 3. The van der Waals surface area contributed by atoms with E-state index in [0.717, 1.165) is 17.7 Å². The molecule has 0 atom stereocenters. The van der Waals surface area contributed by atoms with Crippen molar-refractivity contribution in [2.45, 2.75) is 45.8 Å². The van der Waals surface area contributed by atoms with E-state index in [0.29, 0.717) is 30.3 Å². The Balaban J connectivity index is 1.48. The van der Waals surface area contributed by atoms with Crippen molar-refractivity contribution in [2.75, 3.05) is 6.54 Å². The van der Waals surface area contributed by atoms with Gasteiger partial charge in [0.15, 0.2) is 0 Å².